The number of nitrogens with one attached hydrogen (secondary N) is 1. The van der Waals surface area contributed by atoms with Gasteiger partial charge in [0, 0.05) is 23.7 Å². The molecule has 126 valence electrons. The molecule has 1 aromatic carbocycles. The Morgan fingerprint density at radius 2 is 2.12 bits per heavy atom. The maximum atomic E-state index is 12.9. The molecule has 0 spiro atoms. The summed E-state index contributed by atoms with van der Waals surface area (Å²) in [5, 5.41) is 6.79. The summed E-state index contributed by atoms with van der Waals surface area (Å²) in [6, 6.07) is 4.46. The van der Waals surface area contributed by atoms with Gasteiger partial charge in [0.25, 0.3) is 5.91 Å². The summed E-state index contributed by atoms with van der Waals surface area (Å²) in [7, 11) is 0. The molecule has 1 atom stereocenters. The second kappa shape index (κ2) is 5.12. The maximum absolute atomic E-state index is 12.9. The van der Waals surface area contributed by atoms with Crippen LogP contribution in [0.5, 0.6) is 0 Å². The van der Waals surface area contributed by atoms with Gasteiger partial charge in [-0.15, -0.1) is 0 Å². The Morgan fingerprint density at radius 3 is 2.92 bits per heavy atom. The van der Waals surface area contributed by atoms with Crippen LogP contribution in [0.2, 0.25) is 0 Å². The molecule has 1 aliphatic heterocycles. The number of aromatic nitrogens is 4. The van der Waals surface area contributed by atoms with E-state index in [9.17, 15) is 4.79 Å². The molecule has 5 rings (SSSR count). The number of carbonyl (C=O) groups is 1. The molecule has 1 N–H and O–H groups in total. The number of carbonyl (C=O) groups excluding carboxylic acids is 1. The Morgan fingerprint density at radius 1 is 1.28 bits per heavy atom. The van der Waals surface area contributed by atoms with E-state index in [0.29, 0.717) is 24.2 Å². The zero-order valence-corrected chi connectivity index (χ0v) is 14.3. The number of aryl methyl sites for hydroxylation is 1. The fourth-order valence-corrected chi connectivity index (χ4v) is 3.87. The number of H-pyrrole nitrogens is 1. The van der Waals surface area contributed by atoms with E-state index < -0.39 is 0 Å². The first-order valence-corrected chi connectivity index (χ1v) is 8.73. The summed E-state index contributed by atoms with van der Waals surface area (Å²) in [5.74, 6) is 0.849. The minimum atomic E-state index is 0.176. The fraction of sp³-hybridized carbons (Fsp3) is 0.368. The Hall–Kier alpha value is -2.76. The molecule has 3 aromatic rings. The van der Waals surface area contributed by atoms with E-state index in [0.717, 1.165) is 33.5 Å². The molecular weight excluding hydrogens is 314 g/mol. The molecule has 6 heteroatoms. The van der Waals surface area contributed by atoms with Gasteiger partial charge in [-0.3, -0.25) is 9.89 Å². The van der Waals surface area contributed by atoms with Gasteiger partial charge < -0.3 is 4.90 Å². The lowest BCUT2D eigenvalue weighted by Gasteiger charge is -2.24. The largest absolute Gasteiger partial charge is 0.331 e. The Bertz CT molecular complexity index is 1000. The molecule has 0 bridgehead atoms. The smallest absolute Gasteiger partial charge is 0.255 e. The van der Waals surface area contributed by atoms with Crippen LogP contribution in [-0.2, 0) is 6.54 Å². The van der Waals surface area contributed by atoms with Crippen LogP contribution in [0.4, 0.5) is 0 Å². The summed E-state index contributed by atoms with van der Waals surface area (Å²) in [5.41, 5.74) is 6.21. The number of nitrogens with zero attached hydrogens (tertiary/aromatic N) is 4. The molecule has 3 heterocycles. The number of benzene rings is 1. The van der Waals surface area contributed by atoms with Crippen molar-refractivity contribution in [3.63, 3.8) is 0 Å². The SMILES string of the molecule is Cc1cc(-c2cnc3[nH]ncc3n2)cc2c1C(=O)N([C@@H](C)C1CC1)C2. The molecule has 0 saturated heterocycles. The summed E-state index contributed by atoms with van der Waals surface area (Å²) in [6.07, 6.45) is 5.91. The van der Waals surface area contributed by atoms with Crippen LogP contribution in [0.25, 0.3) is 22.4 Å². The first-order valence-electron chi connectivity index (χ1n) is 8.73. The first kappa shape index (κ1) is 14.6. The highest BCUT2D eigenvalue weighted by Crippen LogP contribution is 2.39. The van der Waals surface area contributed by atoms with Gasteiger partial charge in [0.1, 0.15) is 5.52 Å². The van der Waals surface area contributed by atoms with E-state index in [1.165, 1.54) is 12.8 Å². The van der Waals surface area contributed by atoms with Crippen molar-refractivity contribution < 1.29 is 4.79 Å². The van der Waals surface area contributed by atoms with Crippen molar-refractivity contribution >= 4 is 17.1 Å². The number of amides is 1. The summed E-state index contributed by atoms with van der Waals surface area (Å²) < 4.78 is 0. The standard InChI is InChI=1S/C19H19N5O/c1-10-5-13(15-7-20-18-16(22-15)8-21-23-18)6-14-9-24(19(25)17(10)14)11(2)12-3-4-12/h5-8,11-12H,3-4,9H2,1-2H3,(H,20,21,23)/t11-/m0/s1. The molecule has 6 nitrogen and oxygen atoms in total. The molecule has 2 aliphatic rings. The quantitative estimate of drug-likeness (QED) is 0.799. The van der Waals surface area contributed by atoms with E-state index >= 15 is 0 Å². The van der Waals surface area contributed by atoms with Crippen LogP contribution in [0, 0.1) is 12.8 Å². The topological polar surface area (TPSA) is 74.8 Å². The number of hydrogen-bond acceptors (Lipinski definition) is 4. The Labute approximate surface area is 145 Å². The minimum Gasteiger partial charge on any atom is -0.331 e. The van der Waals surface area contributed by atoms with Crippen LogP contribution < -0.4 is 0 Å². The van der Waals surface area contributed by atoms with Gasteiger partial charge >= 0.3 is 0 Å². The van der Waals surface area contributed by atoms with Crippen LogP contribution in [0.15, 0.2) is 24.5 Å². The lowest BCUT2D eigenvalue weighted by atomic mass is 9.99. The van der Waals surface area contributed by atoms with Crippen LogP contribution >= 0.6 is 0 Å². The minimum absolute atomic E-state index is 0.176. The number of hydrogen-bond donors (Lipinski definition) is 1. The Balaban J connectivity index is 1.55. The lowest BCUT2D eigenvalue weighted by Crippen LogP contribution is -2.34. The summed E-state index contributed by atoms with van der Waals surface area (Å²) in [6.45, 7) is 4.88. The van der Waals surface area contributed by atoms with Crippen molar-refractivity contribution in [2.75, 3.05) is 0 Å². The van der Waals surface area contributed by atoms with E-state index in [2.05, 4.69) is 33.2 Å². The van der Waals surface area contributed by atoms with Gasteiger partial charge in [-0.05, 0) is 55.9 Å². The third-order valence-corrected chi connectivity index (χ3v) is 5.48. The average molecular weight is 333 g/mol. The summed E-state index contributed by atoms with van der Waals surface area (Å²) >= 11 is 0. The molecule has 1 amide bonds. The van der Waals surface area contributed by atoms with Crippen molar-refractivity contribution in [2.24, 2.45) is 5.92 Å². The van der Waals surface area contributed by atoms with Gasteiger partial charge in [-0.1, -0.05) is 0 Å². The van der Waals surface area contributed by atoms with Crippen molar-refractivity contribution in [1.29, 1.82) is 0 Å². The van der Waals surface area contributed by atoms with E-state index in [1.54, 1.807) is 12.4 Å². The lowest BCUT2D eigenvalue weighted by molar-refractivity contribution is 0.0697. The van der Waals surface area contributed by atoms with Crippen molar-refractivity contribution in [1.82, 2.24) is 25.1 Å². The third-order valence-electron chi connectivity index (χ3n) is 5.48. The molecular formula is C19H19N5O. The molecule has 1 aliphatic carbocycles. The normalized spacial score (nSPS) is 18.0. The average Bonchev–Trinajstić information content (AvgIpc) is 3.25. The molecule has 0 unspecified atom stereocenters. The van der Waals surface area contributed by atoms with E-state index in [1.807, 2.05) is 17.9 Å². The van der Waals surface area contributed by atoms with Gasteiger partial charge in [0.05, 0.1) is 18.1 Å². The van der Waals surface area contributed by atoms with Crippen LogP contribution in [0.1, 0.15) is 41.3 Å². The van der Waals surface area contributed by atoms with Gasteiger partial charge in [-0.25, -0.2) is 9.97 Å². The van der Waals surface area contributed by atoms with E-state index in [-0.39, 0.29) is 5.91 Å². The number of rotatable bonds is 3. The molecule has 1 fully saturated rings. The fourth-order valence-electron chi connectivity index (χ4n) is 3.87. The second-order valence-electron chi connectivity index (χ2n) is 7.20. The molecule has 25 heavy (non-hydrogen) atoms. The van der Waals surface area contributed by atoms with Gasteiger partial charge in [-0.2, -0.15) is 5.10 Å². The zero-order valence-electron chi connectivity index (χ0n) is 14.3. The Kier molecular flexibility index (Phi) is 2.98. The third kappa shape index (κ3) is 2.24. The zero-order chi connectivity index (χ0) is 17.1. The molecule has 1 saturated carbocycles. The monoisotopic (exact) mass is 333 g/mol. The van der Waals surface area contributed by atoms with Crippen molar-refractivity contribution in [3.8, 4) is 11.3 Å². The molecule has 0 radical (unpaired) electrons. The summed E-state index contributed by atoms with van der Waals surface area (Å²) in [4.78, 5) is 23.9. The van der Waals surface area contributed by atoms with Crippen molar-refractivity contribution in [3.05, 3.63) is 41.2 Å². The highest BCUT2D eigenvalue weighted by molar-refractivity contribution is 6.00. The van der Waals surface area contributed by atoms with Gasteiger partial charge in [0.15, 0.2) is 5.65 Å². The van der Waals surface area contributed by atoms with Crippen LogP contribution in [0.3, 0.4) is 0 Å². The van der Waals surface area contributed by atoms with Crippen LogP contribution in [-0.4, -0.2) is 37.0 Å². The van der Waals surface area contributed by atoms with Gasteiger partial charge in [0.2, 0.25) is 0 Å². The highest BCUT2D eigenvalue weighted by atomic mass is 16.2. The molecule has 2 aromatic heterocycles. The highest BCUT2D eigenvalue weighted by Gasteiger charge is 2.39. The number of aromatic amines is 1. The van der Waals surface area contributed by atoms with Crippen molar-refractivity contribution in [2.45, 2.75) is 39.3 Å². The first-order chi connectivity index (χ1) is 12.1. The second-order valence-corrected chi connectivity index (χ2v) is 7.20. The predicted octanol–water partition coefficient (Wildman–Crippen LogP) is 3.08. The predicted molar refractivity (Wildman–Crippen MR) is 93.9 cm³/mol. The van der Waals surface area contributed by atoms with E-state index in [4.69, 9.17) is 0 Å². The maximum Gasteiger partial charge on any atom is 0.255 e. The number of fused-ring (bicyclic) bond motifs is 2.